The van der Waals surface area contributed by atoms with E-state index in [0.717, 1.165) is 13.1 Å². The first kappa shape index (κ1) is 13.8. The van der Waals surface area contributed by atoms with Gasteiger partial charge in [-0.25, -0.2) is 0 Å². The molecule has 1 rings (SSSR count). The van der Waals surface area contributed by atoms with E-state index in [1.165, 1.54) is 25.7 Å². The van der Waals surface area contributed by atoms with Crippen LogP contribution in [0.5, 0.6) is 0 Å². The predicted molar refractivity (Wildman–Crippen MR) is 67.9 cm³/mol. The van der Waals surface area contributed by atoms with Gasteiger partial charge in [0.25, 0.3) is 0 Å². The molecule has 0 heterocycles. The van der Waals surface area contributed by atoms with E-state index in [9.17, 15) is 4.79 Å². The number of carbonyl (C=O) groups excluding carboxylic acids is 1. The SMILES string of the molecule is CN(C)CCN(C(=O)CCCl)C1CCCC1. The molecule has 0 spiro atoms. The first-order valence-corrected chi connectivity index (χ1v) is 6.68. The van der Waals surface area contributed by atoms with Crippen LogP contribution < -0.4 is 0 Å². The van der Waals surface area contributed by atoms with Crippen molar-refractivity contribution in [2.24, 2.45) is 0 Å². The van der Waals surface area contributed by atoms with Gasteiger partial charge in [0.05, 0.1) is 0 Å². The first-order valence-electron chi connectivity index (χ1n) is 6.15. The largest absolute Gasteiger partial charge is 0.338 e. The highest BCUT2D eigenvalue weighted by Gasteiger charge is 2.25. The van der Waals surface area contributed by atoms with Crippen molar-refractivity contribution in [2.75, 3.05) is 33.1 Å². The molecule has 3 nitrogen and oxygen atoms in total. The number of hydrogen-bond acceptors (Lipinski definition) is 2. The highest BCUT2D eigenvalue weighted by Crippen LogP contribution is 2.23. The van der Waals surface area contributed by atoms with Gasteiger partial charge in [-0.15, -0.1) is 11.6 Å². The van der Waals surface area contributed by atoms with Crippen molar-refractivity contribution < 1.29 is 4.79 Å². The average molecular weight is 247 g/mol. The molecule has 1 fully saturated rings. The zero-order chi connectivity index (χ0) is 12.0. The Bertz CT molecular complexity index is 215. The monoisotopic (exact) mass is 246 g/mol. The Balaban J connectivity index is 2.49. The summed E-state index contributed by atoms with van der Waals surface area (Å²) in [5, 5.41) is 0. The third kappa shape index (κ3) is 4.30. The summed E-state index contributed by atoms with van der Waals surface area (Å²) in [4.78, 5) is 16.1. The molecule has 0 unspecified atom stereocenters. The van der Waals surface area contributed by atoms with Crippen LogP contribution in [-0.4, -0.2) is 54.8 Å². The van der Waals surface area contributed by atoms with Crippen molar-refractivity contribution in [3.05, 3.63) is 0 Å². The van der Waals surface area contributed by atoms with Crippen LogP contribution >= 0.6 is 11.6 Å². The summed E-state index contributed by atoms with van der Waals surface area (Å²) in [6, 6.07) is 0.468. The van der Waals surface area contributed by atoms with Gasteiger partial charge in [-0.05, 0) is 26.9 Å². The number of halogens is 1. The first-order chi connectivity index (χ1) is 7.65. The molecule has 0 bridgehead atoms. The molecule has 4 heteroatoms. The molecule has 94 valence electrons. The summed E-state index contributed by atoms with van der Waals surface area (Å²) < 4.78 is 0. The number of likely N-dealkylation sites (N-methyl/N-ethyl adjacent to an activating group) is 1. The van der Waals surface area contributed by atoms with Crippen molar-refractivity contribution in [3.63, 3.8) is 0 Å². The van der Waals surface area contributed by atoms with E-state index in [4.69, 9.17) is 11.6 Å². The molecular formula is C12H23ClN2O. The number of rotatable bonds is 6. The zero-order valence-electron chi connectivity index (χ0n) is 10.4. The molecule has 1 aliphatic rings. The van der Waals surface area contributed by atoms with Gasteiger partial charge in [0, 0.05) is 31.4 Å². The van der Waals surface area contributed by atoms with Gasteiger partial charge in [-0.3, -0.25) is 4.79 Å². The molecule has 0 aliphatic heterocycles. The number of amides is 1. The molecule has 16 heavy (non-hydrogen) atoms. The summed E-state index contributed by atoms with van der Waals surface area (Å²) in [6.07, 6.45) is 5.34. The molecule has 0 saturated heterocycles. The highest BCUT2D eigenvalue weighted by molar-refractivity contribution is 6.18. The molecular weight excluding hydrogens is 224 g/mol. The fraction of sp³-hybridized carbons (Fsp3) is 0.917. The van der Waals surface area contributed by atoms with Crippen molar-refractivity contribution in [1.82, 2.24) is 9.80 Å². The van der Waals surface area contributed by atoms with Crippen molar-refractivity contribution in [3.8, 4) is 0 Å². The van der Waals surface area contributed by atoms with Crippen LogP contribution in [0.25, 0.3) is 0 Å². The van der Waals surface area contributed by atoms with Gasteiger partial charge in [-0.1, -0.05) is 12.8 Å². The normalized spacial score (nSPS) is 17.0. The molecule has 1 amide bonds. The quantitative estimate of drug-likeness (QED) is 0.669. The lowest BCUT2D eigenvalue weighted by molar-refractivity contribution is -0.133. The Kier molecular flexibility index (Phi) is 6.14. The van der Waals surface area contributed by atoms with Crippen LogP contribution in [0.3, 0.4) is 0 Å². The minimum atomic E-state index is 0.226. The van der Waals surface area contributed by atoms with Crippen LogP contribution in [0.15, 0.2) is 0 Å². The number of hydrogen-bond donors (Lipinski definition) is 0. The molecule has 1 saturated carbocycles. The van der Waals surface area contributed by atoms with Crippen LogP contribution in [0.1, 0.15) is 32.1 Å². The minimum Gasteiger partial charge on any atom is -0.338 e. The van der Waals surface area contributed by atoms with Crippen LogP contribution in [-0.2, 0) is 4.79 Å². The maximum atomic E-state index is 12.0. The standard InChI is InChI=1S/C12H23ClN2O/c1-14(2)9-10-15(12(16)7-8-13)11-5-3-4-6-11/h11H,3-10H2,1-2H3. The fourth-order valence-electron chi connectivity index (χ4n) is 2.26. The summed E-state index contributed by atoms with van der Waals surface area (Å²) >= 11 is 5.65. The van der Waals surface area contributed by atoms with E-state index in [0.29, 0.717) is 18.3 Å². The summed E-state index contributed by atoms with van der Waals surface area (Å²) in [5.74, 6) is 0.660. The van der Waals surface area contributed by atoms with Crippen LogP contribution in [0, 0.1) is 0 Å². The third-order valence-corrected chi connectivity index (χ3v) is 3.37. The maximum Gasteiger partial charge on any atom is 0.224 e. The van der Waals surface area contributed by atoms with E-state index in [-0.39, 0.29) is 5.91 Å². The van der Waals surface area contributed by atoms with Crippen LogP contribution in [0.2, 0.25) is 0 Å². The molecule has 0 N–H and O–H groups in total. The van der Waals surface area contributed by atoms with Gasteiger partial charge in [-0.2, -0.15) is 0 Å². The Morgan fingerprint density at radius 1 is 1.25 bits per heavy atom. The Hall–Kier alpha value is -0.280. The van der Waals surface area contributed by atoms with E-state index in [1.54, 1.807) is 0 Å². The molecule has 0 atom stereocenters. The van der Waals surface area contributed by atoms with Crippen molar-refractivity contribution in [2.45, 2.75) is 38.1 Å². The highest BCUT2D eigenvalue weighted by atomic mass is 35.5. The summed E-state index contributed by atoms with van der Waals surface area (Å²) in [7, 11) is 4.08. The van der Waals surface area contributed by atoms with Gasteiger partial charge in [0.1, 0.15) is 0 Å². The molecule has 0 aromatic carbocycles. The van der Waals surface area contributed by atoms with Gasteiger partial charge in [0.15, 0.2) is 0 Å². The van der Waals surface area contributed by atoms with E-state index >= 15 is 0 Å². The Labute approximate surface area is 104 Å². The second-order valence-electron chi connectivity index (χ2n) is 4.77. The summed E-state index contributed by atoms with van der Waals surface area (Å²) in [6.45, 7) is 1.78. The lowest BCUT2D eigenvalue weighted by atomic mass is 10.2. The zero-order valence-corrected chi connectivity index (χ0v) is 11.2. The van der Waals surface area contributed by atoms with Crippen molar-refractivity contribution >= 4 is 17.5 Å². The molecule has 0 aromatic heterocycles. The second kappa shape index (κ2) is 7.13. The van der Waals surface area contributed by atoms with Crippen molar-refractivity contribution in [1.29, 1.82) is 0 Å². The lowest BCUT2D eigenvalue weighted by Crippen LogP contribution is -2.42. The number of alkyl halides is 1. The molecule has 0 aromatic rings. The second-order valence-corrected chi connectivity index (χ2v) is 5.15. The van der Waals surface area contributed by atoms with Gasteiger partial charge >= 0.3 is 0 Å². The summed E-state index contributed by atoms with van der Waals surface area (Å²) in [5.41, 5.74) is 0. The van der Waals surface area contributed by atoms with E-state index in [2.05, 4.69) is 9.80 Å². The molecule has 1 aliphatic carbocycles. The van der Waals surface area contributed by atoms with Gasteiger partial charge < -0.3 is 9.80 Å². The Morgan fingerprint density at radius 3 is 2.38 bits per heavy atom. The predicted octanol–water partition coefficient (Wildman–Crippen LogP) is 1.95. The average Bonchev–Trinajstić information content (AvgIpc) is 2.71. The molecule has 0 radical (unpaired) electrons. The van der Waals surface area contributed by atoms with Gasteiger partial charge in [0.2, 0.25) is 5.91 Å². The Morgan fingerprint density at radius 2 is 1.88 bits per heavy atom. The van der Waals surface area contributed by atoms with Crippen LogP contribution in [0.4, 0.5) is 0 Å². The third-order valence-electron chi connectivity index (χ3n) is 3.18. The lowest BCUT2D eigenvalue weighted by Gasteiger charge is -2.30. The maximum absolute atomic E-state index is 12.0. The van der Waals surface area contributed by atoms with E-state index in [1.807, 2.05) is 14.1 Å². The smallest absolute Gasteiger partial charge is 0.224 e. The fourth-order valence-corrected chi connectivity index (χ4v) is 2.42. The minimum absolute atomic E-state index is 0.226. The number of nitrogens with zero attached hydrogens (tertiary/aromatic N) is 2. The van der Waals surface area contributed by atoms with E-state index < -0.39 is 0 Å². The number of carbonyl (C=O) groups is 1. The topological polar surface area (TPSA) is 23.6 Å².